The van der Waals surface area contributed by atoms with E-state index in [0.717, 1.165) is 10.5 Å². The minimum atomic E-state index is -0.773. The number of carbonyl (C=O) groups excluding carboxylic acids is 2. The van der Waals surface area contributed by atoms with Crippen molar-refractivity contribution in [3.05, 3.63) is 99.3 Å². The molecule has 33 heavy (non-hydrogen) atoms. The van der Waals surface area contributed by atoms with E-state index in [-0.39, 0.29) is 38.8 Å². The van der Waals surface area contributed by atoms with Gasteiger partial charge in [-0.25, -0.2) is 9.29 Å². The van der Waals surface area contributed by atoms with Crippen LogP contribution in [0, 0.1) is 5.82 Å². The van der Waals surface area contributed by atoms with E-state index < -0.39 is 17.6 Å². The van der Waals surface area contributed by atoms with E-state index in [1.807, 2.05) is 30.3 Å². The molecule has 0 aromatic heterocycles. The van der Waals surface area contributed by atoms with Gasteiger partial charge in [0, 0.05) is 0 Å². The lowest BCUT2D eigenvalue weighted by atomic mass is 10.1. The quantitative estimate of drug-likeness (QED) is 0.283. The number of nitrogens with one attached hydrogen (secondary N) is 1. The van der Waals surface area contributed by atoms with Crippen LogP contribution in [0.2, 0.25) is 10.0 Å². The van der Waals surface area contributed by atoms with Crippen molar-refractivity contribution in [3.8, 4) is 5.75 Å². The van der Waals surface area contributed by atoms with Gasteiger partial charge >= 0.3 is 0 Å². The van der Waals surface area contributed by atoms with Crippen molar-refractivity contribution in [3.63, 3.8) is 0 Å². The highest BCUT2D eigenvalue weighted by molar-refractivity contribution is 7.80. The van der Waals surface area contributed by atoms with Gasteiger partial charge in [-0.2, -0.15) is 0 Å². The second-order valence-corrected chi connectivity index (χ2v) is 8.20. The van der Waals surface area contributed by atoms with Gasteiger partial charge in [-0.15, -0.1) is 0 Å². The molecule has 0 atom stereocenters. The Bertz CT molecular complexity index is 1270. The molecule has 1 fully saturated rings. The monoisotopic (exact) mass is 500 g/mol. The molecule has 0 bridgehead atoms. The molecule has 0 aliphatic carbocycles. The average Bonchev–Trinajstić information content (AvgIpc) is 2.78. The number of anilines is 1. The number of halogens is 3. The number of hydrogen-bond donors (Lipinski definition) is 1. The standard InChI is InChI=1S/C24H15Cl2FN2O3S/c25-17-11-15(12-18(26)21(17)32-13-14-6-2-1-3-7-14)10-16-22(30)28-24(33)29(23(16)31)20-9-5-4-8-19(20)27/h1-12H,13H2,(H,28,30,33)/b16-10+. The van der Waals surface area contributed by atoms with E-state index in [1.165, 1.54) is 36.4 Å². The van der Waals surface area contributed by atoms with Crippen LogP contribution in [-0.4, -0.2) is 16.9 Å². The van der Waals surface area contributed by atoms with Gasteiger partial charge in [-0.1, -0.05) is 65.7 Å². The second-order valence-electron chi connectivity index (χ2n) is 7.00. The zero-order valence-electron chi connectivity index (χ0n) is 16.8. The van der Waals surface area contributed by atoms with Crippen LogP contribution in [0.5, 0.6) is 5.75 Å². The zero-order chi connectivity index (χ0) is 23.5. The number of amides is 2. The van der Waals surface area contributed by atoms with Crippen LogP contribution in [0.4, 0.5) is 10.1 Å². The fourth-order valence-corrected chi connectivity index (χ4v) is 4.09. The topological polar surface area (TPSA) is 58.6 Å². The Labute approximate surface area is 204 Å². The summed E-state index contributed by atoms with van der Waals surface area (Å²) in [4.78, 5) is 26.5. The van der Waals surface area contributed by atoms with Crippen molar-refractivity contribution in [2.45, 2.75) is 6.61 Å². The maximum absolute atomic E-state index is 14.3. The number of hydrogen-bond acceptors (Lipinski definition) is 4. The summed E-state index contributed by atoms with van der Waals surface area (Å²) in [7, 11) is 0. The molecule has 0 spiro atoms. The Hall–Kier alpha value is -3.26. The Morgan fingerprint density at radius 2 is 1.64 bits per heavy atom. The summed E-state index contributed by atoms with van der Waals surface area (Å²) in [6.45, 7) is 0.261. The number of nitrogens with zero attached hydrogens (tertiary/aromatic N) is 1. The van der Waals surface area contributed by atoms with Crippen LogP contribution >= 0.6 is 35.4 Å². The molecule has 0 unspecified atom stereocenters. The molecule has 3 aromatic carbocycles. The molecular formula is C24H15Cl2FN2O3S. The number of thiocarbonyl (C=S) groups is 1. The maximum Gasteiger partial charge on any atom is 0.270 e. The van der Waals surface area contributed by atoms with Crippen LogP contribution in [0.15, 0.2) is 72.3 Å². The van der Waals surface area contributed by atoms with Crippen LogP contribution in [0.1, 0.15) is 11.1 Å². The van der Waals surface area contributed by atoms with Crippen LogP contribution in [0.3, 0.4) is 0 Å². The Balaban J connectivity index is 1.63. The highest BCUT2D eigenvalue weighted by atomic mass is 35.5. The maximum atomic E-state index is 14.3. The smallest absolute Gasteiger partial charge is 0.270 e. The minimum Gasteiger partial charge on any atom is -0.486 e. The van der Waals surface area contributed by atoms with E-state index in [0.29, 0.717) is 5.56 Å². The Kier molecular flexibility index (Phi) is 6.74. The Morgan fingerprint density at radius 1 is 1.00 bits per heavy atom. The predicted molar refractivity (Wildman–Crippen MR) is 130 cm³/mol. The molecule has 2 amide bonds. The van der Waals surface area contributed by atoms with Gasteiger partial charge in [-0.3, -0.25) is 14.9 Å². The molecule has 4 rings (SSSR count). The third-order valence-electron chi connectivity index (χ3n) is 4.75. The number of benzene rings is 3. The SMILES string of the molecule is O=C1NC(=S)N(c2ccccc2F)C(=O)/C1=C/c1cc(Cl)c(OCc2ccccc2)c(Cl)c1. The molecule has 0 saturated carbocycles. The van der Waals surface area contributed by atoms with Gasteiger partial charge in [0.2, 0.25) is 0 Å². The van der Waals surface area contributed by atoms with Gasteiger partial charge in [0.15, 0.2) is 10.9 Å². The molecule has 166 valence electrons. The van der Waals surface area contributed by atoms with E-state index >= 15 is 0 Å². The second kappa shape index (κ2) is 9.70. The summed E-state index contributed by atoms with van der Waals surface area (Å²) >= 11 is 17.8. The molecule has 0 radical (unpaired) electrons. The van der Waals surface area contributed by atoms with Crippen molar-refractivity contribution < 1.29 is 18.7 Å². The number of rotatable bonds is 5. The summed E-state index contributed by atoms with van der Waals surface area (Å²) < 4.78 is 20.0. The zero-order valence-corrected chi connectivity index (χ0v) is 19.2. The van der Waals surface area contributed by atoms with Crippen molar-refractivity contribution in [1.82, 2.24) is 5.32 Å². The molecule has 1 aliphatic heterocycles. The first-order chi connectivity index (χ1) is 15.8. The van der Waals surface area contributed by atoms with Gasteiger partial charge in [0.25, 0.3) is 11.8 Å². The van der Waals surface area contributed by atoms with E-state index in [4.69, 9.17) is 40.2 Å². The summed E-state index contributed by atoms with van der Waals surface area (Å²) in [5.74, 6) is -1.87. The van der Waals surface area contributed by atoms with Crippen molar-refractivity contribution >= 4 is 64.1 Å². The molecule has 1 saturated heterocycles. The van der Waals surface area contributed by atoms with Gasteiger partial charge < -0.3 is 4.74 Å². The van der Waals surface area contributed by atoms with Crippen molar-refractivity contribution in [2.24, 2.45) is 0 Å². The molecule has 5 nitrogen and oxygen atoms in total. The first kappa shape index (κ1) is 22.9. The number of para-hydroxylation sites is 1. The summed E-state index contributed by atoms with van der Waals surface area (Å²) in [6.07, 6.45) is 1.31. The molecule has 1 aliphatic rings. The predicted octanol–water partition coefficient (Wildman–Crippen LogP) is 5.54. The first-order valence-electron chi connectivity index (χ1n) is 9.67. The van der Waals surface area contributed by atoms with E-state index in [9.17, 15) is 14.0 Å². The lowest BCUT2D eigenvalue weighted by Gasteiger charge is -2.29. The van der Waals surface area contributed by atoms with Gasteiger partial charge in [0.1, 0.15) is 18.0 Å². The summed E-state index contributed by atoms with van der Waals surface area (Å²) in [5, 5.41) is 2.60. The van der Waals surface area contributed by atoms with Crippen LogP contribution in [-0.2, 0) is 16.2 Å². The van der Waals surface area contributed by atoms with Crippen molar-refractivity contribution in [2.75, 3.05) is 4.90 Å². The molecular weight excluding hydrogens is 486 g/mol. The molecule has 9 heteroatoms. The number of ether oxygens (including phenoxy) is 1. The fourth-order valence-electron chi connectivity index (χ4n) is 3.21. The molecule has 3 aromatic rings. The Morgan fingerprint density at radius 3 is 2.30 bits per heavy atom. The van der Waals surface area contributed by atoms with Crippen LogP contribution in [0.25, 0.3) is 6.08 Å². The third-order valence-corrected chi connectivity index (χ3v) is 5.60. The van der Waals surface area contributed by atoms with E-state index in [2.05, 4.69) is 5.32 Å². The van der Waals surface area contributed by atoms with Crippen LogP contribution < -0.4 is 15.0 Å². The summed E-state index contributed by atoms with van der Waals surface area (Å²) in [5.41, 5.74) is 0.998. The van der Waals surface area contributed by atoms with Gasteiger partial charge in [0.05, 0.1) is 15.7 Å². The molecule has 1 heterocycles. The lowest BCUT2D eigenvalue weighted by Crippen LogP contribution is -2.54. The normalized spacial score (nSPS) is 15.1. The average molecular weight is 501 g/mol. The highest BCUT2D eigenvalue weighted by Crippen LogP contribution is 2.36. The van der Waals surface area contributed by atoms with Gasteiger partial charge in [-0.05, 0) is 53.7 Å². The largest absolute Gasteiger partial charge is 0.486 e. The minimum absolute atomic E-state index is 0.0703. The third kappa shape index (κ3) is 4.90. The number of carbonyl (C=O) groups is 2. The first-order valence-corrected chi connectivity index (χ1v) is 10.8. The fraction of sp³-hybridized carbons (Fsp3) is 0.0417. The molecule has 1 N–H and O–H groups in total. The summed E-state index contributed by atoms with van der Waals surface area (Å²) in [6, 6.07) is 18.1. The van der Waals surface area contributed by atoms with Crippen molar-refractivity contribution in [1.29, 1.82) is 0 Å². The van der Waals surface area contributed by atoms with E-state index in [1.54, 1.807) is 6.07 Å². The lowest BCUT2D eigenvalue weighted by molar-refractivity contribution is -0.122. The highest BCUT2D eigenvalue weighted by Gasteiger charge is 2.35.